The highest BCUT2D eigenvalue weighted by molar-refractivity contribution is 6.36. The summed E-state index contributed by atoms with van der Waals surface area (Å²) in [5.74, 6) is 0. The lowest BCUT2D eigenvalue weighted by Gasteiger charge is -2.29. The van der Waals surface area contributed by atoms with Crippen molar-refractivity contribution in [2.45, 2.75) is 18.9 Å². The van der Waals surface area contributed by atoms with Crippen molar-refractivity contribution >= 4 is 23.2 Å². The Morgan fingerprint density at radius 3 is 2.69 bits per heavy atom. The quantitative estimate of drug-likeness (QED) is 0.787. The fraction of sp³-hybridized carbons (Fsp3) is 0.778. The first kappa shape index (κ1) is 11.3. The molecule has 0 bridgehead atoms. The maximum Gasteiger partial charge on any atom is 0.0431 e. The number of hydrogen-bond acceptors (Lipinski definition) is 2. The van der Waals surface area contributed by atoms with Crippen molar-refractivity contribution in [1.82, 2.24) is 10.2 Å². The predicted molar refractivity (Wildman–Crippen MR) is 58.3 cm³/mol. The average molecular weight is 223 g/mol. The summed E-state index contributed by atoms with van der Waals surface area (Å²) < 4.78 is 0. The lowest BCUT2D eigenvalue weighted by Crippen LogP contribution is -2.41. The summed E-state index contributed by atoms with van der Waals surface area (Å²) in [5, 5.41) is 4.06. The normalized spacial score (nSPS) is 22.2. The molecule has 0 aromatic rings. The molecule has 0 atom stereocenters. The zero-order valence-electron chi connectivity index (χ0n) is 7.89. The predicted octanol–water partition coefficient (Wildman–Crippen LogP) is 1.99. The Morgan fingerprint density at radius 2 is 2.15 bits per heavy atom. The fourth-order valence-electron chi connectivity index (χ4n) is 1.49. The van der Waals surface area contributed by atoms with Gasteiger partial charge in [-0.15, -0.1) is 0 Å². The van der Waals surface area contributed by atoms with Gasteiger partial charge in [0.1, 0.15) is 0 Å². The van der Waals surface area contributed by atoms with Gasteiger partial charge in [-0.3, -0.25) is 0 Å². The van der Waals surface area contributed by atoms with Crippen molar-refractivity contribution in [2.24, 2.45) is 0 Å². The van der Waals surface area contributed by atoms with Crippen molar-refractivity contribution < 1.29 is 0 Å². The number of rotatable bonds is 3. The SMILES string of the molecule is CN1CCC(NCC(Cl)=CCl)CC1. The molecular formula is C9H16Cl2N2. The standard InChI is InChI=1S/C9H16Cl2N2/c1-13-4-2-9(3-5-13)12-7-8(11)6-10/h6,9,12H,2-5,7H2,1H3. The highest BCUT2D eigenvalue weighted by atomic mass is 35.5. The van der Waals surface area contributed by atoms with E-state index in [-0.39, 0.29) is 0 Å². The summed E-state index contributed by atoms with van der Waals surface area (Å²) >= 11 is 11.2. The van der Waals surface area contributed by atoms with E-state index < -0.39 is 0 Å². The van der Waals surface area contributed by atoms with Crippen LogP contribution >= 0.6 is 23.2 Å². The monoisotopic (exact) mass is 222 g/mol. The molecule has 0 aromatic carbocycles. The lowest BCUT2D eigenvalue weighted by atomic mass is 10.1. The molecule has 0 amide bonds. The summed E-state index contributed by atoms with van der Waals surface area (Å²) in [6.45, 7) is 3.03. The van der Waals surface area contributed by atoms with Gasteiger partial charge in [-0.1, -0.05) is 23.2 Å². The van der Waals surface area contributed by atoms with Crippen molar-refractivity contribution in [2.75, 3.05) is 26.7 Å². The van der Waals surface area contributed by atoms with Gasteiger partial charge in [0.15, 0.2) is 0 Å². The second-order valence-corrected chi connectivity index (χ2v) is 4.22. The van der Waals surface area contributed by atoms with Gasteiger partial charge in [0.05, 0.1) is 0 Å². The van der Waals surface area contributed by atoms with Gasteiger partial charge in [0.25, 0.3) is 0 Å². The van der Waals surface area contributed by atoms with Crippen molar-refractivity contribution in [1.29, 1.82) is 0 Å². The largest absolute Gasteiger partial charge is 0.309 e. The maximum atomic E-state index is 5.77. The Bertz CT molecular complexity index is 174. The van der Waals surface area contributed by atoms with Crippen LogP contribution < -0.4 is 5.32 Å². The van der Waals surface area contributed by atoms with Gasteiger partial charge in [-0.05, 0) is 33.0 Å². The van der Waals surface area contributed by atoms with E-state index in [1.165, 1.54) is 31.5 Å². The molecule has 1 N–H and O–H groups in total. The zero-order valence-corrected chi connectivity index (χ0v) is 9.41. The zero-order chi connectivity index (χ0) is 9.68. The minimum atomic E-state index is 0.599. The topological polar surface area (TPSA) is 15.3 Å². The minimum absolute atomic E-state index is 0.599. The first-order valence-electron chi connectivity index (χ1n) is 4.59. The highest BCUT2D eigenvalue weighted by Gasteiger charge is 2.15. The number of piperidine rings is 1. The van der Waals surface area contributed by atoms with E-state index in [4.69, 9.17) is 23.2 Å². The smallest absolute Gasteiger partial charge is 0.0431 e. The van der Waals surface area contributed by atoms with Crippen LogP contribution in [0, 0.1) is 0 Å². The van der Waals surface area contributed by atoms with Crippen LogP contribution in [0.25, 0.3) is 0 Å². The summed E-state index contributed by atoms with van der Waals surface area (Å²) in [6.07, 6.45) is 2.39. The molecule has 1 heterocycles. The van der Waals surface area contributed by atoms with Gasteiger partial charge >= 0.3 is 0 Å². The van der Waals surface area contributed by atoms with E-state index >= 15 is 0 Å². The van der Waals surface area contributed by atoms with E-state index in [1.807, 2.05) is 0 Å². The molecule has 4 heteroatoms. The molecular weight excluding hydrogens is 207 g/mol. The third-order valence-corrected chi connectivity index (χ3v) is 3.01. The molecule has 0 saturated carbocycles. The van der Waals surface area contributed by atoms with Gasteiger partial charge < -0.3 is 10.2 Å². The molecule has 13 heavy (non-hydrogen) atoms. The second kappa shape index (κ2) is 5.86. The molecule has 1 rings (SSSR count). The van der Waals surface area contributed by atoms with Crippen LogP contribution in [0.3, 0.4) is 0 Å². The highest BCUT2D eigenvalue weighted by Crippen LogP contribution is 2.09. The van der Waals surface area contributed by atoms with Crippen LogP contribution in [0.1, 0.15) is 12.8 Å². The third-order valence-electron chi connectivity index (χ3n) is 2.40. The Labute approximate surface area is 89.9 Å². The molecule has 0 aliphatic carbocycles. The molecule has 0 spiro atoms. The van der Waals surface area contributed by atoms with Crippen LogP contribution in [0.5, 0.6) is 0 Å². The molecule has 1 aliphatic heterocycles. The summed E-state index contributed by atoms with van der Waals surface area (Å²) in [5.41, 5.74) is 1.42. The van der Waals surface area contributed by atoms with E-state index in [1.54, 1.807) is 0 Å². The van der Waals surface area contributed by atoms with Crippen LogP contribution in [-0.2, 0) is 0 Å². The fourth-order valence-corrected chi connectivity index (χ4v) is 1.65. The van der Waals surface area contributed by atoms with Crippen LogP contribution in [-0.4, -0.2) is 37.6 Å². The molecule has 1 saturated heterocycles. The first-order chi connectivity index (χ1) is 6.22. The summed E-state index contributed by atoms with van der Waals surface area (Å²) in [4.78, 5) is 2.34. The average Bonchev–Trinajstić information content (AvgIpc) is 2.16. The van der Waals surface area contributed by atoms with E-state index in [2.05, 4.69) is 17.3 Å². The Balaban J connectivity index is 2.16. The van der Waals surface area contributed by atoms with Crippen LogP contribution in [0.4, 0.5) is 0 Å². The van der Waals surface area contributed by atoms with Gasteiger partial charge in [-0.2, -0.15) is 0 Å². The van der Waals surface area contributed by atoms with E-state index in [0.29, 0.717) is 17.6 Å². The molecule has 76 valence electrons. The number of nitrogens with one attached hydrogen (secondary N) is 1. The minimum Gasteiger partial charge on any atom is -0.309 e. The third kappa shape index (κ3) is 4.32. The van der Waals surface area contributed by atoms with Crippen molar-refractivity contribution in [3.63, 3.8) is 0 Å². The molecule has 0 radical (unpaired) electrons. The Morgan fingerprint density at radius 1 is 1.54 bits per heavy atom. The Kier molecular flexibility index (Phi) is 5.10. The number of nitrogens with zero attached hydrogens (tertiary/aromatic N) is 1. The van der Waals surface area contributed by atoms with Gasteiger partial charge in [0.2, 0.25) is 0 Å². The summed E-state index contributed by atoms with van der Waals surface area (Å²) in [6, 6.07) is 0.599. The van der Waals surface area contributed by atoms with Gasteiger partial charge in [-0.25, -0.2) is 0 Å². The number of likely N-dealkylation sites (tertiary alicyclic amines) is 1. The number of hydrogen-bond donors (Lipinski definition) is 1. The number of halogens is 2. The first-order valence-corrected chi connectivity index (χ1v) is 5.40. The van der Waals surface area contributed by atoms with Crippen molar-refractivity contribution in [3.8, 4) is 0 Å². The second-order valence-electron chi connectivity index (χ2n) is 3.51. The Hall–Kier alpha value is 0.240. The van der Waals surface area contributed by atoms with Gasteiger partial charge in [0, 0.05) is 23.2 Å². The van der Waals surface area contributed by atoms with E-state index in [0.717, 1.165) is 0 Å². The summed E-state index contributed by atoms with van der Waals surface area (Å²) in [7, 11) is 2.15. The lowest BCUT2D eigenvalue weighted by molar-refractivity contribution is 0.237. The molecule has 1 aliphatic rings. The maximum absolute atomic E-state index is 5.77. The van der Waals surface area contributed by atoms with Crippen LogP contribution in [0.2, 0.25) is 0 Å². The molecule has 1 fully saturated rings. The van der Waals surface area contributed by atoms with Crippen LogP contribution in [0.15, 0.2) is 10.6 Å². The van der Waals surface area contributed by atoms with Crippen molar-refractivity contribution in [3.05, 3.63) is 10.6 Å². The van der Waals surface area contributed by atoms with E-state index in [9.17, 15) is 0 Å². The molecule has 2 nitrogen and oxygen atoms in total. The molecule has 0 unspecified atom stereocenters. The molecule has 0 aromatic heterocycles.